The third-order valence-corrected chi connectivity index (χ3v) is 11.5. The Kier molecular flexibility index (Phi) is 44.2. The first-order chi connectivity index (χ1) is 27.9. The van der Waals surface area contributed by atoms with Gasteiger partial charge in [0.25, 0.3) is 0 Å². The predicted molar refractivity (Wildman–Crippen MR) is 243 cm³/mol. The van der Waals surface area contributed by atoms with E-state index in [0.29, 0.717) is 19.3 Å². The fourth-order valence-corrected chi connectivity index (χ4v) is 7.69. The maximum atomic E-state index is 12.8. The van der Waals surface area contributed by atoms with E-state index < -0.39 is 6.10 Å². The number of carbonyl (C=O) groups excluding carboxylic acids is 3. The summed E-state index contributed by atoms with van der Waals surface area (Å²) < 4.78 is 16.8. The Labute approximate surface area is 355 Å². The molecule has 0 N–H and O–H groups in total. The number of hydrogen-bond acceptors (Lipinski definition) is 6. The molecule has 0 aliphatic carbocycles. The van der Waals surface area contributed by atoms with E-state index in [2.05, 4.69) is 27.7 Å². The molecule has 1 atom stereocenters. The number of hydrogen-bond donors (Lipinski definition) is 0. The molecule has 0 aromatic heterocycles. The quantitative estimate of drug-likeness (QED) is 0.0346. The molecular weight excluding hydrogens is 709 g/mol. The summed E-state index contributed by atoms with van der Waals surface area (Å²) in [6.45, 7) is 9.01. The van der Waals surface area contributed by atoms with Gasteiger partial charge in [-0.2, -0.15) is 0 Å². The second-order valence-electron chi connectivity index (χ2n) is 17.9. The van der Waals surface area contributed by atoms with Crippen LogP contribution in [0.2, 0.25) is 0 Å². The smallest absolute Gasteiger partial charge is 0.306 e. The van der Waals surface area contributed by atoms with Crippen molar-refractivity contribution in [3.8, 4) is 0 Å². The van der Waals surface area contributed by atoms with Crippen molar-refractivity contribution in [3.05, 3.63) is 0 Å². The first-order valence-electron chi connectivity index (χ1n) is 25.4. The molecule has 0 bridgehead atoms. The minimum absolute atomic E-state index is 0.0628. The van der Waals surface area contributed by atoms with Crippen LogP contribution in [0, 0.1) is 5.92 Å². The normalized spacial score (nSPS) is 11.9. The summed E-state index contributed by atoms with van der Waals surface area (Å²) >= 11 is 0. The molecule has 0 rings (SSSR count). The highest BCUT2D eigenvalue weighted by molar-refractivity contribution is 5.71. The average Bonchev–Trinajstić information content (AvgIpc) is 3.19. The van der Waals surface area contributed by atoms with Crippen molar-refractivity contribution < 1.29 is 28.6 Å². The van der Waals surface area contributed by atoms with Crippen LogP contribution in [-0.4, -0.2) is 37.2 Å². The van der Waals surface area contributed by atoms with E-state index in [1.165, 1.54) is 180 Å². The van der Waals surface area contributed by atoms with E-state index in [0.717, 1.165) is 63.7 Å². The first kappa shape index (κ1) is 55.4. The molecule has 0 aliphatic heterocycles. The molecule has 0 aromatic carbocycles. The summed E-state index contributed by atoms with van der Waals surface area (Å²) in [7, 11) is 0. The fourth-order valence-electron chi connectivity index (χ4n) is 7.69. The predicted octanol–water partition coefficient (Wildman–Crippen LogP) is 16.3. The third kappa shape index (κ3) is 45.3. The van der Waals surface area contributed by atoms with Gasteiger partial charge in [-0.1, -0.05) is 246 Å². The molecule has 6 nitrogen and oxygen atoms in total. The van der Waals surface area contributed by atoms with Gasteiger partial charge in [0.1, 0.15) is 13.2 Å². The van der Waals surface area contributed by atoms with Crippen LogP contribution in [-0.2, 0) is 28.6 Å². The maximum Gasteiger partial charge on any atom is 0.306 e. The fraction of sp³-hybridized carbons (Fsp3) is 0.941. The van der Waals surface area contributed by atoms with E-state index in [9.17, 15) is 14.4 Å². The molecule has 0 fully saturated rings. The Bertz CT molecular complexity index is 857. The lowest BCUT2D eigenvalue weighted by atomic mass is 10.0. The third-order valence-electron chi connectivity index (χ3n) is 11.5. The second kappa shape index (κ2) is 45.5. The SMILES string of the molecule is CCCCCCCCCCCCCCCC(=O)O[C@@H](COC(=O)CCCCCCCCCCCCCC)COC(=O)CCCCCCCCCCCCCC(C)C. The number of unbranched alkanes of at least 4 members (excludes halogenated alkanes) is 33. The van der Waals surface area contributed by atoms with Gasteiger partial charge in [0, 0.05) is 19.3 Å². The molecule has 0 heterocycles. The number of ether oxygens (including phenoxy) is 3. The van der Waals surface area contributed by atoms with Gasteiger partial charge >= 0.3 is 17.9 Å². The lowest BCUT2D eigenvalue weighted by molar-refractivity contribution is -0.167. The molecule has 0 amide bonds. The Hall–Kier alpha value is -1.59. The first-order valence-corrected chi connectivity index (χ1v) is 25.4. The molecular formula is C51H98O6. The minimum Gasteiger partial charge on any atom is -0.462 e. The number of rotatable bonds is 46. The van der Waals surface area contributed by atoms with Gasteiger partial charge in [-0.05, 0) is 25.2 Å². The zero-order valence-corrected chi connectivity index (χ0v) is 38.8. The van der Waals surface area contributed by atoms with Crippen molar-refractivity contribution in [2.75, 3.05) is 13.2 Å². The van der Waals surface area contributed by atoms with E-state index in [1.54, 1.807) is 0 Å². The Morgan fingerprint density at radius 2 is 0.579 bits per heavy atom. The van der Waals surface area contributed by atoms with Crippen LogP contribution in [0.25, 0.3) is 0 Å². The molecule has 0 saturated heterocycles. The van der Waals surface area contributed by atoms with Gasteiger partial charge in [0.05, 0.1) is 0 Å². The van der Waals surface area contributed by atoms with Gasteiger partial charge in [0.15, 0.2) is 6.10 Å². The van der Waals surface area contributed by atoms with Crippen LogP contribution < -0.4 is 0 Å². The van der Waals surface area contributed by atoms with Gasteiger partial charge in [-0.15, -0.1) is 0 Å². The number of carbonyl (C=O) groups is 3. The molecule has 0 aliphatic rings. The molecule has 338 valence electrons. The minimum atomic E-state index is -0.760. The Morgan fingerprint density at radius 3 is 0.860 bits per heavy atom. The van der Waals surface area contributed by atoms with Crippen molar-refractivity contribution in [1.82, 2.24) is 0 Å². The van der Waals surface area contributed by atoms with Crippen molar-refractivity contribution in [1.29, 1.82) is 0 Å². The molecule has 57 heavy (non-hydrogen) atoms. The lowest BCUT2D eigenvalue weighted by Gasteiger charge is -2.18. The Balaban J connectivity index is 4.31. The summed E-state index contributed by atoms with van der Waals surface area (Å²) in [6, 6.07) is 0. The van der Waals surface area contributed by atoms with Gasteiger partial charge in [0.2, 0.25) is 0 Å². The van der Waals surface area contributed by atoms with Crippen molar-refractivity contribution in [2.45, 2.75) is 291 Å². The van der Waals surface area contributed by atoms with E-state index in [1.807, 2.05) is 0 Å². The highest BCUT2D eigenvalue weighted by Crippen LogP contribution is 2.17. The van der Waals surface area contributed by atoms with Crippen LogP contribution in [0.4, 0.5) is 0 Å². The van der Waals surface area contributed by atoms with Crippen molar-refractivity contribution >= 4 is 17.9 Å². The van der Waals surface area contributed by atoms with Crippen molar-refractivity contribution in [2.24, 2.45) is 5.92 Å². The molecule has 6 heteroatoms. The summed E-state index contributed by atoms with van der Waals surface area (Å²) in [5, 5.41) is 0. The topological polar surface area (TPSA) is 78.9 Å². The van der Waals surface area contributed by atoms with Crippen LogP contribution in [0.3, 0.4) is 0 Å². The highest BCUT2D eigenvalue weighted by atomic mass is 16.6. The van der Waals surface area contributed by atoms with Crippen molar-refractivity contribution in [3.63, 3.8) is 0 Å². The van der Waals surface area contributed by atoms with E-state index in [-0.39, 0.29) is 31.1 Å². The van der Waals surface area contributed by atoms with Crippen LogP contribution in [0.1, 0.15) is 285 Å². The maximum absolute atomic E-state index is 12.8. The summed E-state index contributed by atoms with van der Waals surface area (Å²) in [5.41, 5.74) is 0. The summed E-state index contributed by atoms with van der Waals surface area (Å²) in [5.74, 6) is -0.0187. The zero-order valence-electron chi connectivity index (χ0n) is 38.8. The largest absolute Gasteiger partial charge is 0.462 e. The van der Waals surface area contributed by atoms with Crippen LogP contribution in [0.5, 0.6) is 0 Å². The lowest BCUT2D eigenvalue weighted by Crippen LogP contribution is -2.30. The van der Waals surface area contributed by atoms with Gasteiger partial charge < -0.3 is 14.2 Å². The van der Waals surface area contributed by atoms with Gasteiger partial charge in [-0.25, -0.2) is 0 Å². The zero-order chi connectivity index (χ0) is 41.7. The molecule has 0 saturated carbocycles. The highest BCUT2D eigenvalue weighted by Gasteiger charge is 2.19. The monoisotopic (exact) mass is 807 g/mol. The second-order valence-corrected chi connectivity index (χ2v) is 17.9. The number of esters is 3. The summed E-state index contributed by atoms with van der Waals surface area (Å²) in [4.78, 5) is 37.9. The van der Waals surface area contributed by atoms with Crippen LogP contribution in [0.15, 0.2) is 0 Å². The Morgan fingerprint density at radius 1 is 0.333 bits per heavy atom. The molecule has 0 radical (unpaired) electrons. The standard InChI is InChI=1S/C51H98O6/c1-5-7-9-11-13-15-17-19-23-28-32-36-40-44-51(54)57-48(45-55-49(52)42-38-34-30-26-22-18-16-14-12-10-8-6-2)46-56-50(53)43-39-35-31-27-24-20-21-25-29-33-37-41-47(3)4/h47-48H,5-46H2,1-4H3/t48-/m0/s1. The summed E-state index contributed by atoms with van der Waals surface area (Å²) in [6.07, 6.45) is 46.5. The molecule has 0 aromatic rings. The average molecular weight is 807 g/mol. The van der Waals surface area contributed by atoms with E-state index >= 15 is 0 Å². The van der Waals surface area contributed by atoms with Gasteiger partial charge in [-0.3, -0.25) is 14.4 Å². The molecule has 0 unspecified atom stereocenters. The molecule has 0 spiro atoms. The van der Waals surface area contributed by atoms with E-state index in [4.69, 9.17) is 14.2 Å². The van der Waals surface area contributed by atoms with Crippen LogP contribution >= 0.6 is 0 Å².